The molecule has 0 unspecified atom stereocenters. The first-order valence-electron chi connectivity index (χ1n) is 5.91. The molecule has 98 valence electrons. The van der Waals surface area contributed by atoms with Gasteiger partial charge in [0.05, 0.1) is 5.56 Å². The van der Waals surface area contributed by atoms with Crippen molar-refractivity contribution in [3.63, 3.8) is 0 Å². The second kappa shape index (κ2) is 5.33. The van der Waals surface area contributed by atoms with E-state index in [1.165, 1.54) is 0 Å². The van der Waals surface area contributed by atoms with E-state index < -0.39 is 0 Å². The fourth-order valence-electron chi connectivity index (χ4n) is 1.80. The van der Waals surface area contributed by atoms with Crippen molar-refractivity contribution in [3.8, 4) is 0 Å². The maximum Gasteiger partial charge on any atom is 0.257 e. The largest absolute Gasteiger partial charge is 0.398 e. The number of nitrogen functional groups attached to an aromatic ring is 1. The number of benzene rings is 2. The van der Waals surface area contributed by atoms with E-state index in [4.69, 9.17) is 17.3 Å². The summed E-state index contributed by atoms with van der Waals surface area (Å²) in [5, 5.41) is 3.45. The number of halogens is 1. The predicted molar refractivity (Wildman–Crippen MR) is 79.7 cm³/mol. The molecule has 2 aromatic carbocycles. The van der Waals surface area contributed by atoms with E-state index in [1.807, 2.05) is 26.0 Å². The average Bonchev–Trinajstić information content (AvgIpc) is 2.38. The van der Waals surface area contributed by atoms with E-state index in [0.29, 0.717) is 22.0 Å². The molecule has 19 heavy (non-hydrogen) atoms. The summed E-state index contributed by atoms with van der Waals surface area (Å²) in [5.41, 5.74) is 9.28. The Balaban J connectivity index is 2.31. The van der Waals surface area contributed by atoms with Crippen molar-refractivity contribution in [1.29, 1.82) is 0 Å². The van der Waals surface area contributed by atoms with Gasteiger partial charge in [-0.1, -0.05) is 29.3 Å². The normalized spacial score (nSPS) is 10.3. The number of rotatable bonds is 2. The number of carbonyl (C=O) groups excluding carboxylic acids is 1. The molecule has 0 aliphatic heterocycles. The summed E-state index contributed by atoms with van der Waals surface area (Å²) in [6, 6.07) is 10.8. The molecule has 0 aromatic heterocycles. The highest BCUT2D eigenvalue weighted by molar-refractivity contribution is 6.31. The molecule has 3 nitrogen and oxygen atoms in total. The number of amides is 1. The molecule has 0 atom stereocenters. The highest BCUT2D eigenvalue weighted by atomic mass is 35.5. The van der Waals surface area contributed by atoms with E-state index in [-0.39, 0.29) is 5.91 Å². The molecule has 2 aromatic rings. The topological polar surface area (TPSA) is 55.1 Å². The molecule has 0 aliphatic carbocycles. The van der Waals surface area contributed by atoms with Gasteiger partial charge in [0, 0.05) is 16.4 Å². The fraction of sp³-hybridized carbons (Fsp3) is 0.133. The van der Waals surface area contributed by atoms with Crippen molar-refractivity contribution >= 4 is 28.9 Å². The molecule has 2 rings (SSSR count). The lowest BCUT2D eigenvalue weighted by Gasteiger charge is -2.11. The fourth-order valence-corrected chi connectivity index (χ4v) is 1.97. The third-order valence-electron chi connectivity index (χ3n) is 2.97. The molecule has 1 amide bonds. The zero-order valence-electron chi connectivity index (χ0n) is 10.8. The van der Waals surface area contributed by atoms with Gasteiger partial charge in [-0.05, 0) is 43.7 Å². The molecule has 0 bridgehead atoms. The van der Waals surface area contributed by atoms with Crippen LogP contribution < -0.4 is 11.1 Å². The van der Waals surface area contributed by atoms with Crippen LogP contribution in [0, 0.1) is 13.8 Å². The minimum atomic E-state index is -0.230. The third-order valence-corrected chi connectivity index (χ3v) is 3.38. The molecule has 0 saturated heterocycles. The Morgan fingerprint density at radius 2 is 1.95 bits per heavy atom. The van der Waals surface area contributed by atoms with Gasteiger partial charge in [0.2, 0.25) is 0 Å². The summed E-state index contributed by atoms with van der Waals surface area (Å²) in [6.07, 6.45) is 0. The van der Waals surface area contributed by atoms with Gasteiger partial charge in [-0.25, -0.2) is 0 Å². The minimum Gasteiger partial charge on any atom is -0.398 e. The van der Waals surface area contributed by atoms with E-state index in [1.54, 1.807) is 24.3 Å². The van der Waals surface area contributed by atoms with Gasteiger partial charge in [-0.2, -0.15) is 0 Å². The quantitative estimate of drug-likeness (QED) is 0.819. The number of nitrogens with two attached hydrogens (primary N) is 1. The Bertz CT molecular complexity index is 638. The summed E-state index contributed by atoms with van der Waals surface area (Å²) in [5.74, 6) is -0.230. The van der Waals surface area contributed by atoms with Crippen LogP contribution in [0.2, 0.25) is 5.02 Å². The summed E-state index contributed by atoms with van der Waals surface area (Å²) in [4.78, 5) is 12.2. The number of anilines is 2. The molecule has 0 radical (unpaired) electrons. The lowest BCUT2D eigenvalue weighted by atomic mass is 10.1. The Labute approximate surface area is 117 Å². The number of carbonyl (C=O) groups is 1. The van der Waals surface area contributed by atoms with E-state index in [2.05, 4.69) is 5.32 Å². The average molecular weight is 275 g/mol. The zero-order chi connectivity index (χ0) is 14.0. The molecule has 0 fully saturated rings. The first-order chi connectivity index (χ1) is 8.99. The van der Waals surface area contributed by atoms with Crippen molar-refractivity contribution < 1.29 is 4.79 Å². The zero-order valence-corrected chi connectivity index (χ0v) is 11.6. The van der Waals surface area contributed by atoms with Crippen molar-refractivity contribution in [2.24, 2.45) is 0 Å². The third kappa shape index (κ3) is 2.88. The number of aryl methyl sites for hydroxylation is 1. The van der Waals surface area contributed by atoms with Crippen LogP contribution in [0.15, 0.2) is 36.4 Å². The lowest BCUT2D eigenvalue weighted by molar-refractivity contribution is 0.102. The highest BCUT2D eigenvalue weighted by Gasteiger charge is 2.12. The summed E-state index contributed by atoms with van der Waals surface area (Å²) in [6.45, 7) is 3.78. The first-order valence-corrected chi connectivity index (χ1v) is 6.29. The van der Waals surface area contributed by atoms with E-state index >= 15 is 0 Å². The summed E-state index contributed by atoms with van der Waals surface area (Å²) >= 11 is 6.02. The Kier molecular flexibility index (Phi) is 3.76. The number of hydrogen-bond acceptors (Lipinski definition) is 2. The Morgan fingerprint density at radius 3 is 2.68 bits per heavy atom. The predicted octanol–water partition coefficient (Wildman–Crippen LogP) is 3.79. The monoisotopic (exact) mass is 274 g/mol. The van der Waals surface area contributed by atoms with Gasteiger partial charge >= 0.3 is 0 Å². The van der Waals surface area contributed by atoms with Crippen LogP contribution in [-0.4, -0.2) is 5.91 Å². The van der Waals surface area contributed by atoms with Gasteiger partial charge in [0.15, 0.2) is 0 Å². The number of nitrogens with one attached hydrogen (secondary N) is 1. The van der Waals surface area contributed by atoms with Gasteiger partial charge in [-0.15, -0.1) is 0 Å². The molecule has 0 heterocycles. The van der Waals surface area contributed by atoms with E-state index in [9.17, 15) is 4.79 Å². The Morgan fingerprint density at radius 1 is 1.21 bits per heavy atom. The first kappa shape index (κ1) is 13.4. The molecular formula is C15H15ClN2O. The van der Waals surface area contributed by atoms with Crippen LogP contribution in [0.1, 0.15) is 21.5 Å². The minimum absolute atomic E-state index is 0.230. The van der Waals surface area contributed by atoms with Gasteiger partial charge in [0.1, 0.15) is 0 Å². The van der Waals surface area contributed by atoms with Crippen LogP contribution in [0.4, 0.5) is 11.4 Å². The van der Waals surface area contributed by atoms with Crippen molar-refractivity contribution in [1.82, 2.24) is 0 Å². The molecule has 0 spiro atoms. The van der Waals surface area contributed by atoms with Crippen LogP contribution in [-0.2, 0) is 0 Å². The highest BCUT2D eigenvalue weighted by Crippen LogP contribution is 2.24. The molecule has 0 saturated carbocycles. The summed E-state index contributed by atoms with van der Waals surface area (Å²) in [7, 11) is 0. The van der Waals surface area contributed by atoms with Crippen LogP contribution in [0.3, 0.4) is 0 Å². The molecular weight excluding hydrogens is 260 g/mol. The maximum absolute atomic E-state index is 12.2. The molecule has 0 aliphatic rings. The van der Waals surface area contributed by atoms with Crippen molar-refractivity contribution in [3.05, 3.63) is 58.1 Å². The van der Waals surface area contributed by atoms with Crippen LogP contribution in [0.25, 0.3) is 0 Å². The second-order valence-electron chi connectivity index (χ2n) is 4.46. The maximum atomic E-state index is 12.2. The lowest BCUT2D eigenvalue weighted by Crippen LogP contribution is -2.15. The SMILES string of the molecule is Cc1ccc(N)c(C(=O)Nc2cccc(Cl)c2C)c1. The van der Waals surface area contributed by atoms with Gasteiger partial charge < -0.3 is 11.1 Å². The Hall–Kier alpha value is -2.00. The van der Waals surface area contributed by atoms with E-state index in [0.717, 1.165) is 11.1 Å². The molecule has 4 heteroatoms. The van der Waals surface area contributed by atoms with Crippen LogP contribution >= 0.6 is 11.6 Å². The standard InChI is InChI=1S/C15H15ClN2O/c1-9-6-7-13(17)11(8-9)15(19)18-14-5-3-4-12(16)10(14)2/h3-8H,17H2,1-2H3,(H,18,19). The summed E-state index contributed by atoms with van der Waals surface area (Å²) < 4.78 is 0. The smallest absolute Gasteiger partial charge is 0.257 e. The number of hydrogen-bond donors (Lipinski definition) is 2. The van der Waals surface area contributed by atoms with Crippen molar-refractivity contribution in [2.75, 3.05) is 11.1 Å². The molecule has 3 N–H and O–H groups in total. The van der Waals surface area contributed by atoms with Crippen LogP contribution in [0.5, 0.6) is 0 Å². The van der Waals surface area contributed by atoms with Gasteiger partial charge in [0.25, 0.3) is 5.91 Å². The van der Waals surface area contributed by atoms with Crippen molar-refractivity contribution in [2.45, 2.75) is 13.8 Å². The van der Waals surface area contributed by atoms with Gasteiger partial charge in [-0.3, -0.25) is 4.79 Å². The second-order valence-corrected chi connectivity index (χ2v) is 4.86.